The molecule has 0 saturated carbocycles. The fraction of sp³-hybridized carbons (Fsp3) is 0.625. The Morgan fingerprint density at radius 1 is 1.55 bits per heavy atom. The van der Waals surface area contributed by atoms with E-state index in [2.05, 4.69) is 20.2 Å². The number of aliphatic imine (C=N–C) groups is 1. The largest absolute Gasteiger partial charge is 0.478 e. The van der Waals surface area contributed by atoms with Crippen molar-refractivity contribution in [2.45, 2.75) is 19.9 Å². The molecule has 2 heterocycles. The van der Waals surface area contributed by atoms with Gasteiger partial charge < -0.3 is 19.7 Å². The second-order valence-electron chi connectivity index (χ2n) is 5.39. The van der Waals surface area contributed by atoms with Gasteiger partial charge in [-0.05, 0) is 25.0 Å². The Morgan fingerprint density at radius 2 is 2.41 bits per heavy atom. The summed E-state index contributed by atoms with van der Waals surface area (Å²) in [6, 6.07) is 3.95. The molecule has 1 fully saturated rings. The van der Waals surface area contributed by atoms with E-state index < -0.39 is 0 Å². The zero-order valence-corrected chi connectivity index (χ0v) is 13.7. The molecule has 1 aromatic rings. The second kappa shape index (κ2) is 8.58. The van der Waals surface area contributed by atoms with Gasteiger partial charge in [0.15, 0.2) is 5.96 Å². The van der Waals surface area contributed by atoms with Gasteiger partial charge in [-0.25, -0.2) is 4.98 Å². The first-order valence-electron chi connectivity index (χ1n) is 7.79. The Bertz CT molecular complexity index is 493. The molecule has 1 N–H and O–H groups in total. The van der Waals surface area contributed by atoms with Crippen LogP contribution in [0, 0.1) is 5.92 Å². The van der Waals surface area contributed by atoms with Crippen molar-refractivity contribution in [3.8, 4) is 5.88 Å². The number of guanidine groups is 1. The first-order chi connectivity index (χ1) is 10.8. The summed E-state index contributed by atoms with van der Waals surface area (Å²) in [7, 11) is 3.58. The highest BCUT2D eigenvalue weighted by molar-refractivity contribution is 5.80. The molecule has 0 aliphatic carbocycles. The molecule has 6 nitrogen and oxygen atoms in total. The minimum absolute atomic E-state index is 0.592. The van der Waals surface area contributed by atoms with Gasteiger partial charge in [0, 0.05) is 52.0 Å². The number of aromatic nitrogens is 1. The van der Waals surface area contributed by atoms with Crippen molar-refractivity contribution in [3.63, 3.8) is 0 Å². The molecule has 0 radical (unpaired) electrons. The average Bonchev–Trinajstić information content (AvgIpc) is 2.98. The monoisotopic (exact) mass is 306 g/mol. The van der Waals surface area contributed by atoms with E-state index in [0.717, 1.165) is 37.6 Å². The number of hydrogen-bond donors (Lipinski definition) is 1. The summed E-state index contributed by atoms with van der Waals surface area (Å²) in [4.78, 5) is 10.8. The summed E-state index contributed by atoms with van der Waals surface area (Å²) < 4.78 is 10.7. The molecule has 0 spiro atoms. The second-order valence-corrected chi connectivity index (χ2v) is 5.39. The van der Waals surface area contributed by atoms with Crippen molar-refractivity contribution >= 4 is 5.96 Å². The summed E-state index contributed by atoms with van der Waals surface area (Å²) in [6.45, 7) is 6.12. The maximum atomic E-state index is 5.43. The number of likely N-dealkylation sites (tertiary alicyclic amines) is 1. The van der Waals surface area contributed by atoms with E-state index in [1.54, 1.807) is 13.3 Å². The van der Waals surface area contributed by atoms with Gasteiger partial charge in [-0.1, -0.05) is 0 Å². The fourth-order valence-electron chi connectivity index (χ4n) is 2.70. The van der Waals surface area contributed by atoms with Gasteiger partial charge in [-0.3, -0.25) is 4.99 Å². The molecule has 22 heavy (non-hydrogen) atoms. The molecular formula is C16H26N4O2. The highest BCUT2D eigenvalue weighted by Gasteiger charge is 2.24. The molecular weight excluding hydrogens is 280 g/mol. The molecule has 122 valence electrons. The standard InChI is InChI=1S/C16H26N4O2/c1-4-22-15-9-13(5-7-18-15)10-19-16(17-2)20-8-6-14(11-20)12-21-3/h5,7,9,14H,4,6,8,10-12H2,1-3H3,(H,17,19). The average molecular weight is 306 g/mol. The molecule has 1 atom stereocenters. The summed E-state index contributed by atoms with van der Waals surface area (Å²) >= 11 is 0. The Balaban J connectivity index is 1.88. The Labute approximate surface area is 132 Å². The lowest BCUT2D eigenvalue weighted by molar-refractivity contribution is 0.157. The minimum Gasteiger partial charge on any atom is -0.478 e. The van der Waals surface area contributed by atoms with Crippen LogP contribution in [-0.4, -0.2) is 56.3 Å². The topological polar surface area (TPSA) is 59.0 Å². The first kappa shape index (κ1) is 16.5. The van der Waals surface area contributed by atoms with Crippen LogP contribution in [0.1, 0.15) is 18.9 Å². The van der Waals surface area contributed by atoms with E-state index in [0.29, 0.717) is 24.9 Å². The fourth-order valence-corrected chi connectivity index (χ4v) is 2.70. The molecule has 2 rings (SSSR count). The smallest absolute Gasteiger partial charge is 0.213 e. The van der Waals surface area contributed by atoms with Crippen molar-refractivity contribution in [1.29, 1.82) is 0 Å². The van der Waals surface area contributed by atoms with Crippen LogP contribution < -0.4 is 10.1 Å². The van der Waals surface area contributed by atoms with E-state index in [-0.39, 0.29) is 0 Å². The molecule has 1 aromatic heterocycles. The van der Waals surface area contributed by atoms with Crippen LogP contribution in [0.4, 0.5) is 0 Å². The Kier molecular flexibility index (Phi) is 6.45. The molecule has 1 unspecified atom stereocenters. The Morgan fingerprint density at radius 3 is 3.14 bits per heavy atom. The minimum atomic E-state index is 0.592. The van der Waals surface area contributed by atoms with Gasteiger partial charge in [0.05, 0.1) is 13.2 Å². The van der Waals surface area contributed by atoms with Crippen molar-refractivity contribution in [2.75, 3.05) is 40.5 Å². The molecule has 1 aliphatic rings. The maximum Gasteiger partial charge on any atom is 0.213 e. The molecule has 0 bridgehead atoms. The summed E-state index contributed by atoms with van der Waals surface area (Å²) in [5, 5.41) is 3.41. The van der Waals surface area contributed by atoms with Gasteiger partial charge in [0.25, 0.3) is 0 Å². The predicted molar refractivity (Wildman–Crippen MR) is 87.2 cm³/mol. The third-order valence-corrected chi connectivity index (χ3v) is 3.74. The summed E-state index contributed by atoms with van der Waals surface area (Å²) in [5.74, 6) is 2.19. The van der Waals surface area contributed by atoms with Crippen molar-refractivity contribution < 1.29 is 9.47 Å². The van der Waals surface area contributed by atoms with Crippen LogP contribution in [0.5, 0.6) is 5.88 Å². The summed E-state index contributed by atoms with van der Waals surface area (Å²) in [6.07, 6.45) is 2.92. The molecule has 0 aromatic carbocycles. The number of nitrogens with one attached hydrogen (secondary N) is 1. The Hall–Kier alpha value is -1.82. The highest BCUT2D eigenvalue weighted by Crippen LogP contribution is 2.16. The number of nitrogens with zero attached hydrogens (tertiary/aromatic N) is 3. The van der Waals surface area contributed by atoms with Crippen LogP contribution in [-0.2, 0) is 11.3 Å². The highest BCUT2D eigenvalue weighted by atomic mass is 16.5. The maximum absolute atomic E-state index is 5.43. The van der Waals surface area contributed by atoms with Crippen LogP contribution >= 0.6 is 0 Å². The number of pyridine rings is 1. The van der Waals surface area contributed by atoms with Crippen molar-refractivity contribution in [2.24, 2.45) is 10.9 Å². The molecule has 1 saturated heterocycles. The van der Waals surface area contributed by atoms with E-state index in [1.165, 1.54) is 0 Å². The zero-order valence-electron chi connectivity index (χ0n) is 13.7. The quantitative estimate of drug-likeness (QED) is 0.638. The van der Waals surface area contributed by atoms with E-state index in [9.17, 15) is 0 Å². The lowest BCUT2D eigenvalue weighted by atomic mass is 10.1. The van der Waals surface area contributed by atoms with Gasteiger partial charge in [-0.2, -0.15) is 0 Å². The van der Waals surface area contributed by atoms with Crippen LogP contribution in [0.2, 0.25) is 0 Å². The first-order valence-corrected chi connectivity index (χ1v) is 7.79. The van der Waals surface area contributed by atoms with Crippen LogP contribution in [0.25, 0.3) is 0 Å². The van der Waals surface area contributed by atoms with Crippen molar-refractivity contribution in [3.05, 3.63) is 23.9 Å². The number of methoxy groups -OCH3 is 1. The molecule has 0 amide bonds. The molecule has 6 heteroatoms. The third kappa shape index (κ3) is 4.59. The summed E-state index contributed by atoms with van der Waals surface area (Å²) in [5.41, 5.74) is 1.13. The van der Waals surface area contributed by atoms with E-state index in [1.807, 2.05) is 26.1 Å². The van der Waals surface area contributed by atoms with Crippen LogP contribution in [0.15, 0.2) is 23.3 Å². The number of ether oxygens (including phenoxy) is 2. The van der Waals surface area contributed by atoms with Gasteiger partial charge in [0.2, 0.25) is 5.88 Å². The molecule has 1 aliphatic heterocycles. The van der Waals surface area contributed by atoms with E-state index >= 15 is 0 Å². The lowest BCUT2D eigenvalue weighted by Gasteiger charge is -2.21. The SMILES string of the molecule is CCOc1cc(CNC(=NC)N2CCC(COC)C2)ccn1. The van der Waals surface area contributed by atoms with Gasteiger partial charge in [0.1, 0.15) is 0 Å². The normalized spacial score (nSPS) is 18.6. The van der Waals surface area contributed by atoms with Crippen LogP contribution in [0.3, 0.4) is 0 Å². The zero-order chi connectivity index (χ0) is 15.8. The van der Waals surface area contributed by atoms with E-state index in [4.69, 9.17) is 9.47 Å². The van der Waals surface area contributed by atoms with Crippen molar-refractivity contribution in [1.82, 2.24) is 15.2 Å². The number of rotatable bonds is 6. The predicted octanol–water partition coefficient (Wildman–Crippen LogP) is 1.52. The number of hydrogen-bond acceptors (Lipinski definition) is 4. The third-order valence-electron chi connectivity index (χ3n) is 3.74. The van der Waals surface area contributed by atoms with Gasteiger partial charge >= 0.3 is 0 Å². The van der Waals surface area contributed by atoms with Gasteiger partial charge in [-0.15, -0.1) is 0 Å². The lowest BCUT2D eigenvalue weighted by Crippen LogP contribution is -2.39.